The molecule has 0 unspecified atom stereocenters. The van der Waals surface area contributed by atoms with Crippen LogP contribution in [-0.2, 0) is 17.8 Å². The minimum atomic E-state index is 0.00189. The summed E-state index contributed by atoms with van der Waals surface area (Å²) in [6.07, 6.45) is 4.23. The molecule has 0 spiro atoms. The maximum Gasteiger partial charge on any atom is 0.219 e. The summed E-state index contributed by atoms with van der Waals surface area (Å²) in [5.74, 6) is 0.961. The Morgan fingerprint density at radius 3 is 2.85 bits per heavy atom. The molecule has 1 aliphatic rings. The lowest BCUT2D eigenvalue weighted by molar-refractivity contribution is -0.129. The van der Waals surface area contributed by atoms with E-state index in [-0.39, 0.29) is 11.7 Å². The van der Waals surface area contributed by atoms with Gasteiger partial charge in [0.2, 0.25) is 5.91 Å². The average molecular weight is 358 g/mol. The van der Waals surface area contributed by atoms with Gasteiger partial charge in [0.1, 0.15) is 23.3 Å². The zero-order valence-electron chi connectivity index (χ0n) is 14.9. The number of nitrogen functional groups attached to an aromatic ring is 1. The van der Waals surface area contributed by atoms with Gasteiger partial charge in [-0.1, -0.05) is 6.07 Å². The van der Waals surface area contributed by atoms with E-state index in [0.717, 1.165) is 28.3 Å². The van der Waals surface area contributed by atoms with Crippen LogP contribution in [0.3, 0.4) is 0 Å². The number of carbonyl (C=O) groups excluding carboxylic acids is 1. The first-order valence-electron chi connectivity index (χ1n) is 8.66. The van der Waals surface area contributed by atoms with E-state index in [1.807, 2.05) is 41.1 Å². The largest absolute Gasteiger partial charge is 0.383 e. The Morgan fingerprint density at radius 2 is 2.15 bits per heavy atom. The van der Waals surface area contributed by atoms with Gasteiger partial charge >= 0.3 is 0 Å². The van der Waals surface area contributed by atoms with E-state index in [1.165, 1.54) is 0 Å². The van der Waals surface area contributed by atoms with Crippen molar-refractivity contribution in [2.75, 3.05) is 12.3 Å². The van der Waals surface area contributed by atoms with Crippen LogP contribution in [-0.4, -0.2) is 31.9 Å². The lowest BCUT2D eigenvalue weighted by Gasteiger charge is -2.30. The Hall–Kier alpha value is -3.66. The van der Waals surface area contributed by atoms with Gasteiger partial charge in [0.05, 0.1) is 11.4 Å². The molecule has 0 radical (unpaired) electrons. The first-order valence-corrected chi connectivity index (χ1v) is 8.66. The van der Waals surface area contributed by atoms with Crippen LogP contribution < -0.4 is 5.73 Å². The van der Waals surface area contributed by atoms with E-state index in [2.05, 4.69) is 16.0 Å². The lowest BCUT2D eigenvalue weighted by Crippen LogP contribution is -2.35. The predicted molar refractivity (Wildman–Crippen MR) is 101 cm³/mol. The second-order valence-electron chi connectivity index (χ2n) is 6.43. The molecular formula is C20H18N6O. The maximum absolute atomic E-state index is 11.9. The Morgan fingerprint density at radius 1 is 1.30 bits per heavy atom. The van der Waals surface area contributed by atoms with E-state index < -0.39 is 0 Å². The van der Waals surface area contributed by atoms with Crippen LogP contribution in [0.25, 0.3) is 17.1 Å². The summed E-state index contributed by atoms with van der Waals surface area (Å²) < 4.78 is 1.92. The summed E-state index contributed by atoms with van der Waals surface area (Å²) >= 11 is 0. The highest BCUT2D eigenvalue weighted by atomic mass is 16.2. The van der Waals surface area contributed by atoms with Crippen LogP contribution in [0.15, 0.2) is 42.7 Å². The summed E-state index contributed by atoms with van der Waals surface area (Å²) in [5.41, 5.74) is 9.68. The molecule has 0 aliphatic carbocycles. The van der Waals surface area contributed by atoms with E-state index in [1.54, 1.807) is 18.0 Å². The van der Waals surface area contributed by atoms with Crippen molar-refractivity contribution in [3.63, 3.8) is 0 Å². The van der Waals surface area contributed by atoms with Crippen LogP contribution in [0, 0.1) is 11.3 Å². The summed E-state index contributed by atoms with van der Waals surface area (Å²) in [4.78, 5) is 22.5. The van der Waals surface area contributed by atoms with Crippen molar-refractivity contribution >= 4 is 11.7 Å². The first-order chi connectivity index (χ1) is 13.1. The second kappa shape index (κ2) is 6.57. The molecule has 2 N–H and O–H groups in total. The van der Waals surface area contributed by atoms with E-state index in [9.17, 15) is 10.1 Å². The average Bonchev–Trinajstić information content (AvgIpc) is 3.16. The van der Waals surface area contributed by atoms with Crippen molar-refractivity contribution in [2.24, 2.45) is 0 Å². The number of nitrogens with two attached hydrogens (primary N) is 1. The van der Waals surface area contributed by atoms with Gasteiger partial charge in [-0.2, -0.15) is 5.26 Å². The number of carbonyl (C=O) groups is 1. The van der Waals surface area contributed by atoms with Crippen molar-refractivity contribution < 1.29 is 4.79 Å². The van der Waals surface area contributed by atoms with E-state index in [4.69, 9.17) is 5.73 Å². The number of fused-ring (bicyclic) bond motifs is 1. The monoisotopic (exact) mass is 358 g/mol. The lowest BCUT2D eigenvalue weighted by atomic mass is 9.93. The highest BCUT2D eigenvalue weighted by Crippen LogP contribution is 2.36. The van der Waals surface area contributed by atoms with Gasteiger partial charge in [0.15, 0.2) is 0 Å². The fourth-order valence-corrected chi connectivity index (χ4v) is 3.53. The Kier molecular flexibility index (Phi) is 4.09. The fraction of sp³-hybridized carbons (Fsp3) is 0.200. The normalized spacial score (nSPS) is 13.1. The Labute approximate surface area is 156 Å². The third kappa shape index (κ3) is 2.81. The molecule has 7 heteroatoms. The second-order valence-corrected chi connectivity index (χ2v) is 6.43. The highest BCUT2D eigenvalue weighted by molar-refractivity contribution is 5.80. The molecule has 1 aliphatic heterocycles. The quantitative estimate of drug-likeness (QED) is 0.757. The number of amides is 1. The molecule has 3 aromatic rings. The molecule has 0 atom stereocenters. The molecule has 0 aromatic carbocycles. The number of rotatable bonds is 2. The standard InChI is InChI=1S/C20H18N6O/c1-13(27)25-10-7-16-15(12-25)19(14(11-21)20(22)24-16)17-5-4-9-26(17)18-6-2-3-8-23-18/h2-6,8-9H,7,10,12H2,1H3,(H2,22,24). The van der Waals surface area contributed by atoms with Crippen LogP contribution in [0.5, 0.6) is 0 Å². The van der Waals surface area contributed by atoms with Crippen LogP contribution in [0.2, 0.25) is 0 Å². The first kappa shape index (κ1) is 16.8. The van der Waals surface area contributed by atoms with Crippen molar-refractivity contribution in [1.82, 2.24) is 19.4 Å². The highest BCUT2D eigenvalue weighted by Gasteiger charge is 2.27. The molecule has 27 heavy (non-hydrogen) atoms. The maximum atomic E-state index is 11.9. The molecule has 134 valence electrons. The van der Waals surface area contributed by atoms with Crippen molar-refractivity contribution in [2.45, 2.75) is 19.9 Å². The minimum absolute atomic E-state index is 0.00189. The topological polar surface area (TPSA) is 101 Å². The number of hydrogen-bond acceptors (Lipinski definition) is 5. The number of anilines is 1. The van der Waals surface area contributed by atoms with Gasteiger partial charge in [-0.25, -0.2) is 9.97 Å². The number of hydrogen-bond donors (Lipinski definition) is 1. The molecule has 7 nitrogen and oxygen atoms in total. The van der Waals surface area contributed by atoms with E-state index >= 15 is 0 Å². The third-order valence-corrected chi connectivity index (χ3v) is 4.84. The molecule has 0 fully saturated rings. The molecule has 0 saturated heterocycles. The smallest absolute Gasteiger partial charge is 0.219 e. The zero-order chi connectivity index (χ0) is 19.0. The van der Waals surface area contributed by atoms with Gasteiger partial charge in [-0.3, -0.25) is 4.79 Å². The summed E-state index contributed by atoms with van der Waals surface area (Å²) in [6, 6.07) is 11.7. The molecular weight excluding hydrogens is 340 g/mol. The number of nitriles is 1. The molecule has 0 bridgehead atoms. The Bertz CT molecular complexity index is 1060. The zero-order valence-corrected chi connectivity index (χ0v) is 14.9. The molecule has 4 rings (SSSR count). The summed E-state index contributed by atoms with van der Waals surface area (Å²) in [6.45, 7) is 2.56. The minimum Gasteiger partial charge on any atom is -0.383 e. The van der Waals surface area contributed by atoms with Crippen molar-refractivity contribution in [3.8, 4) is 23.1 Å². The van der Waals surface area contributed by atoms with E-state index in [0.29, 0.717) is 25.1 Å². The van der Waals surface area contributed by atoms with Gasteiger partial charge in [0, 0.05) is 50.0 Å². The van der Waals surface area contributed by atoms with Crippen molar-refractivity contribution in [1.29, 1.82) is 5.26 Å². The Balaban J connectivity index is 1.97. The van der Waals surface area contributed by atoms with Crippen LogP contribution in [0.4, 0.5) is 5.82 Å². The molecule has 4 heterocycles. The third-order valence-electron chi connectivity index (χ3n) is 4.84. The van der Waals surface area contributed by atoms with Crippen LogP contribution in [0.1, 0.15) is 23.7 Å². The summed E-state index contributed by atoms with van der Waals surface area (Å²) in [5, 5.41) is 9.76. The predicted octanol–water partition coefficient (Wildman–Crippen LogP) is 2.29. The number of nitrogens with zero attached hydrogens (tertiary/aromatic N) is 5. The fourth-order valence-electron chi connectivity index (χ4n) is 3.53. The van der Waals surface area contributed by atoms with Gasteiger partial charge < -0.3 is 15.2 Å². The van der Waals surface area contributed by atoms with Gasteiger partial charge in [-0.05, 0) is 24.3 Å². The van der Waals surface area contributed by atoms with Gasteiger partial charge in [-0.15, -0.1) is 0 Å². The summed E-state index contributed by atoms with van der Waals surface area (Å²) in [7, 11) is 0. The number of aromatic nitrogens is 3. The molecule has 3 aromatic heterocycles. The number of pyridine rings is 2. The van der Waals surface area contributed by atoms with Crippen molar-refractivity contribution in [3.05, 3.63) is 59.5 Å². The molecule has 0 saturated carbocycles. The van der Waals surface area contributed by atoms with Gasteiger partial charge in [0.25, 0.3) is 0 Å². The molecule has 1 amide bonds. The SMILES string of the molecule is CC(=O)N1CCc2nc(N)c(C#N)c(-c3cccn3-c3ccccn3)c2C1. The van der Waals surface area contributed by atoms with Crippen LogP contribution >= 0.6 is 0 Å².